The zero-order valence-electron chi connectivity index (χ0n) is 12.8. The van der Waals surface area contributed by atoms with E-state index in [-0.39, 0.29) is 24.8 Å². The van der Waals surface area contributed by atoms with Gasteiger partial charge in [0.2, 0.25) is 0 Å². The maximum Gasteiger partial charge on any atom is 0.407 e. The molecule has 0 aliphatic heterocycles. The summed E-state index contributed by atoms with van der Waals surface area (Å²) >= 11 is 1.79. The summed E-state index contributed by atoms with van der Waals surface area (Å²) < 4.78 is 5.22. The number of benzene rings is 1. The lowest BCUT2D eigenvalue weighted by Gasteiger charge is -2.25. The van der Waals surface area contributed by atoms with Crippen molar-refractivity contribution in [3.8, 4) is 0 Å². The van der Waals surface area contributed by atoms with Gasteiger partial charge in [0.15, 0.2) is 0 Å². The summed E-state index contributed by atoms with van der Waals surface area (Å²) in [5.41, 5.74) is 0.685. The number of aliphatic hydroxyl groups excluding tert-OH is 1. The molecule has 118 valence electrons. The molecule has 0 spiro atoms. The van der Waals surface area contributed by atoms with Crippen molar-refractivity contribution in [2.24, 2.45) is 0 Å². The molecule has 5 heteroatoms. The van der Waals surface area contributed by atoms with E-state index in [2.05, 4.69) is 5.32 Å². The van der Waals surface area contributed by atoms with Gasteiger partial charge < -0.3 is 15.2 Å². The van der Waals surface area contributed by atoms with Gasteiger partial charge in [0.25, 0.3) is 0 Å². The molecule has 0 aliphatic rings. The van der Waals surface area contributed by atoms with Gasteiger partial charge in [-0.15, -0.1) is 0 Å². The van der Waals surface area contributed by atoms with Crippen LogP contribution in [-0.4, -0.2) is 34.9 Å². The van der Waals surface area contributed by atoms with E-state index >= 15 is 0 Å². The van der Waals surface area contributed by atoms with Crippen molar-refractivity contribution in [3.05, 3.63) is 35.9 Å². The van der Waals surface area contributed by atoms with Crippen LogP contribution in [0.2, 0.25) is 0 Å². The smallest absolute Gasteiger partial charge is 0.407 e. The van der Waals surface area contributed by atoms with E-state index in [0.717, 1.165) is 29.9 Å². The summed E-state index contributed by atoms with van der Waals surface area (Å²) in [6, 6.07) is 9.63. The quantitative estimate of drug-likeness (QED) is 0.688. The number of ether oxygens (including phenoxy) is 1. The first-order valence-electron chi connectivity index (χ1n) is 7.21. The molecule has 1 amide bonds. The topological polar surface area (TPSA) is 58.6 Å². The number of thioether (sulfide) groups is 1. The van der Waals surface area contributed by atoms with Gasteiger partial charge in [-0.25, -0.2) is 4.79 Å². The second kappa shape index (κ2) is 9.68. The van der Waals surface area contributed by atoms with Crippen LogP contribution in [0, 0.1) is 0 Å². The molecule has 1 aromatic carbocycles. The second-order valence-electron chi connectivity index (χ2n) is 5.51. The van der Waals surface area contributed by atoms with Gasteiger partial charge in [-0.1, -0.05) is 30.3 Å². The van der Waals surface area contributed by atoms with Crippen molar-refractivity contribution in [3.63, 3.8) is 0 Å². The Hall–Kier alpha value is -1.20. The molecular weight excluding hydrogens is 286 g/mol. The average molecular weight is 311 g/mol. The number of alkyl carbamates (subject to hydrolysis) is 1. The normalized spacial score (nSPS) is 11.2. The van der Waals surface area contributed by atoms with Gasteiger partial charge in [0.05, 0.1) is 0 Å². The van der Waals surface area contributed by atoms with E-state index in [0.29, 0.717) is 0 Å². The SMILES string of the molecule is CC(C)(CCSCCCO)NC(=O)OCc1ccccc1. The van der Waals surface area contributed by atoms with Gasteiger partial charge >= 0.3 is 6.09 Å². The van der Waals surface area contributed by atoms with Crippen LogP contribution >= 0.6 is 11.8 Å². The lowest BCUT2D eigenvalue weighted by molar-refractivity contribution is 0.129. The van der Waals surface area contributed by atoms with Crippen LogP contribution in [0.25, 0.3) is 0 Å². The van der Waals surface area contributed by atoms with Gasteiger partial charge in [0.1, 0.15) is 6.61 Å². The van der Waals surface area contributed by atoms with Crippen molar-refractivity contribution in [1.82, 2.24) is 5.32 Å². The third-order valence-electron chi connectivity index (χ3n) is 2.97. The predicted octanol–water partition coefficient (Wildman–Crippen LogP) is 3.20. The lowest BCUT2D eigenvalue weighted by atomic mass is 10.0. The molecule has 0 saturated carbocycles. The largest absolute Gasteiger partial charge is 0.445 e. The Balaban J connectivity index is 2.22. The number of hydrogen-bond acceptors (Lipinski definition) is 4. The molecule has 0 heterocycles. The number of aliphatic hydroxyl groups is 1. The number of nitrogens with one attached hydrogen (secondary N) is 1. The molecule has 0 bridgehead atoms. The van der Waals surface area contributed by atoms with Crippen LogP contribution in [-0.2, 0) is 11.3 Å². The fraction of sp³-hybridized carbons (Fsp3) is 0.562. The number of carbonyl (C=O) groups excluding carboxylic acids is 1. The molecule has 0 radical (unpaired) electrons. The highest BCUT2D eigenvalue weighted by Gasteiger charge is 2.20. The molecule has 4 nitrogen and oxygen atoms in total. The molecule has 21 heavy (non-hydrogen) atoms. The minimum absolute atomic E-state index is 0.237. The van der Waals surface area contributed by atoms with Gasteiger partial charge in [-0.05, 0) is 43.8 Å². The minimum Gasteiger partial charge on any atom is -0.445 e. The monoisotopic (exact) mass is 311 g/mol. The summed E-state index contributed by atoms with van der Waals surface area (Å²) in [5, 5.41) is 11.6. The van der Waals surface area contributed by atoms with Crippen LogP contribution in [0.4, 0.5) is 4.79 Å². The van der Waals surface area contributed by atoms with E-state index in [1.807, 2.05) is 44.2 Å². The summed E-state index contributed by atoms with van der Waals surface area (Å²) in [5.74, 6) is 1.90. The lowest BCUT2D eigenvalue weighted by Crippen LogP contribution is -2.44. The Bertz CT molecular complexity index is 409. The Labute approximate surface area is 131 Å². The van der Waals surface area contributed by atoms with Gasteiger partial charge in [0, 0.05) is 12.1 Å². The van der Waals surface area contributed by atoms with E-state index in [4.69, 9.17) is 9.84 Å². The van der Waals surface area contributed by atoms with Crippen LogP contribution in [0.3, 0.4) is 0 Å². The Kier molecular flexibility index (Phi) is 8.23. The molecule has 2 N–H and O–H groups in total. The molecular formula is C16H25NO3S. The second-order valence-corrected chi connectivity index (χ2v) is 6.73. The highest BCUT2D eigenvalue weighted by molar-refractivity contribution is 7.99. The van der Waals surface area contributed by atoms with E-state index in [9.17, 15) is 4.79 Å². The fourth-order valence-corrected chi connectivity index (χ4v) is 2.89. The molecule has 0 fully saturated rings. The zero-order chi connectivity index (χ0) is 15.6. The number of hydrogen-bond donors (Lipinski definition) is 2. The first-order chi connectivity index (χ1) is 10.0. The van der Waals surface area contributed by atoms with Gasteiger partial charge in [-0.2, -0.15) is 11.8 Å². The zero-order valence-corrected chi connectivity index (χ0v) is 13.6. The van der Waals surface area contributed by atoms with Crippen molar-refractivity contribution >= 4 is 17.9 Å². The van der Waals surface area contributed by atoms with Crippen LogP contribution < -0.4 is 5.32 Å². The molecule has 0 aliphatic carbocycles. The molecule has 0 unspecified atom stereocenters. The van der Waals surface area contributed by atoms with Crippen LogP contribution in [0.5, 0.6) is 0 Å². The third-order valence-corrected chi connectivity index (χ3v) is 4.04. The molecule has 1 aromatic rings. The molecule has 1 rings (SSSR count). The maximum absolute atomic E-state index is 11.8. The van der Waals surface area contributed by atoms with Crippen molar-refractivity contribution in [2.45, 2.75) is 38.8 Å². The maximum atomic E-state index is 11.8. The molecule has 0 atom stereocenters. The van der Waals surface area contributed by atoms with Crippen molar-refractivity contribution in [2.75, 3.05) is 18.1 Å². The van der Waals surface area contributed by atoms with Crippen molar-refractivity contribution < 1.29 is 14.6 Å². The summed E-state index contributed by atoms with van der Waals surface area (Å²) in [7, 11) is 0. The number of amides is 1. The van der Waals surface area contributed by atoms with E-state index in [1.54, 1.807) is 11.8 Å². The van der Waals surface area contributed by atoms with Crippen LogP contribution in [0.1, 0.15) is 32.3 Å². The summed E-state index contributed by atoms with van der Waals surface area (Å²) in [6.45, 7) is 4.50. The summed E-state index contributed by atoms with van der Waals surface area (Å²) in [6.07, 6.45) is 1.30. The molecule has 0 saturated heterocycles. The Morgan fingerprint density at radius 2 is 2.00 bits per heavy atom. The first kappa shape index (κ1) is 17.9. The summed E-state index contributed by atoms with van der Waals surface area (Å²) in [4.78, 5) is 11.8. The highest BCUT2D eigenvalue weighted by Crippen LogP contribution is 2.14. The minimum atomic E-state index is -0.385. The Morgan fingerprint density at radius 3 is 2.67 bits per heavy atom. The predicted molar refractivity (Wildman–Crippen MR) is 87.5 cm³/mol. The highest BCUT2D eigenvalue weighted by atomic mass is 32.2. The first-order valence-corrected chi connectivity index (χ1v) is 8.36. The van der Waals surface area contributed by atoms with Crippen LogP contribution in [0.15, 0.2) is 30.3 Å². The molecule has 0 aromatic heterocycles. The Morgan fingerprint density at radius 1 is 1.29 bits per heavy atom. The van der Waals surface area contributed by atoms with Gasteiger partial charge in [-0.3, -0.25) is 0 Å². The average Bonchev–Trinajstić information content (AvgIpc) is 2.45. The number of carbonyl (C=O) groups is 1. The van der Waals surface area contributed by atoms with E-state index < -0.39 is 0 Å². The van der Waals surface area contributed by atoms with E-state index in [1.165, 1.54) is 0 Å². The fourth-order valence-electron chi connectivity index (χ4n) is 1.69. The third kappa shape index (κ3) is 8.63. The standard InChI is InChI=1S/C16H25NO3S/c1-16(2,9-12-21-11-6-10-18)17-15(19)20-13-14-7-4-3-5-8-14/h3-5,7-8,18H,6,9-13H2,1-2H3,(H,17,19). The van der Waals surface area contributed by atoms with Crippen molar-refractivity contribution in [1.29, 1.82) is 0 Å². The number of rotatable bonds is 9.